The summed E-state index contributed by atoms with van der Waals surface area (Å²) in [5.41, 5.74) is 2.17. The van der Waals surface area contributed by atoms with Gasteiger partial charge < -0.3 is 14.6 Å². The smallest absolute Gasteiger partial charge is 0.388 e. The van der Waals surface area contributed by atoms with Gasteiger partial charge in [0.2, 0.25) is 0 Å². The number of nitrogens with zero attached hydrogens (tertiary/aromatic N) is 1. The SMILES string of the molecule is COC(C)c1nc2c(c(C3CCOCC3)c1C(=O)c1ccc(C(F)(F)F)cc1)[C@@H](O)CC(C)(C)C2. The zero-order valence-corrected chi connectivity index (χ0v) is 20.5. The molecule has 190 valence electrons. The van der Waals surface area contributed by atoms with Crippen LogP contribution in [-0.4, -0.2) is 36.2 Å². The Morgan fingerprint density at radius 2 is 1.80 bits per heavy atom. The average molecular weight is 492 g/mol. The van der Waals surface area contributed by atoms with Crippen molar-refractivity contribution >= 4 is 5.78 Å². The fourth-order valence-electron chi connectivity index (χ4n) is 5.36. The summed E-state index contributed by atoms with van der Waals surface area (Å²) < 4.78 is 50.5. The van der Waals surface area contributed by atoms with Gasteiger partial charge >= 0.3 is 6.18 Å². The van der Waals surface area contributed by atoms with Crippen LogP contribution < -0.4 is 0 Å². The second-order valence-corrected chi connectivity index (χ2v) is 10.4. The molecule has 2 atom stereocenters. The van der Waals surface area contributed by atoms with E-state index in [2.05, 4.69) is 13.8 Å². The van der Waals surface area contributed by atoms with Gasteiger partial charge in [0.05, 0.1) is 29.0 Å². The van der Waals surface area contributed by atoms with Gasteiger partial charge in [-0.2, -0.15) is 13.2 Å². The van der Waals surface area contributed by atoms with Crippen LogP contribution in [0.3, 0.4) is 0 Å². The van der Waals surface area contributed by atoms with Crippen LogP contribution in [-0.2, 0) is 22.1 Å². The highest BCUT2D eigenvalue weighted by molar-refractivity contribution is 6.11. The van der Waals surface area contributed by atoms with E-state index in [0.29, 0.717) is 55.7 Å². The molecule has 2 aromatic rings. The number of aliphatic hydroxyl groups excluding tert-OH is 1. The van der Waals surface area contributed by atoms with Crippen molar-refractivity contribution in [2.24, 2.45) is 5.41 Å². The maximum atomic E-state index is 13.9. The van der Waals surface area contributed by atoms with Crippen LogP contribution in [0.1, 0.15) is 102 Å². The van der Waals surface area contributed by atoms with Crippen LogP contribution in [0.4, 0.5) is 13.2 Å². The van der Waals surface area contributed by atoms with Crippen LogP contribution in [0.25, 0.3) is 0 Å². The minimum absolute atomic E-state index is 0.0347. The average Bonchev–Trinajstić information content (AvgIpc) is 2.81. The van der Waals surface area contributed by atoms with Gasteiger partial charge in [-0.05, 0) is 61.6 Å². The number of alkyl halides is 3. The molecule has 0 amide bonds. The zero-order chi connectivity index (χ0) is 25.5. The van der Waals surface area contributed by atoms with E-state index >= 15 is 0 Å². The first kappa shape index (κ1) is 25.8. The Balaban J connectivity index is 1.95. The number of benzene rings is 1. The molecule has 1 aromatic carbocycles. The van der Waals surface area contributed by atoms with Gasteiger partial charge in [0.15, 0.2) is 5.78 Å². The molecule has 8 heteroatoms. The summed E-state index contributed by atoms with van der Waals surface area (Å²) in [4.78, 5) is 18.8. The summed E-state index contributed by atoms with van der Waals surface area (Å²) in [6.07, 6.45) is -3.26. The van der Waals surface area contributed by atoms with Crippen molar-refractivity contribution in [2.45, 2.75) is 70.8 Å². The van der Waals surface area contributed by atoms with Gasteiger partial charge in [-0.1, -0.05) is 26.0 Å². The maximum Gasteiger partial charge on any atom is 0.416 e. The first-order valence-corrected chi connectivity index (χ1v) is 12.0. The number of hydrogen-bond donors (Lipinski definition) is 1. The van der Waals surface area contributed by atoms with Gasteiger partial charge in [-0.25, -0.2) is 0 Å². The largest absolute Gasteiger partial charge is 0.416 e. The number of aliphatic hydroxyl groups is 1. The van der Waals surface area contributed by atoms with E-state index in [-0.39, 0.29) is 16.9 Å². The molecule has 5 nitrogen and oxygen atoms in total. The summed E-state index contributed by atoms with van der Waals surface area (Å²) in [5.74, 6) is -0.445. The molecule has 2 heterocycles. The van der Waals surface area contributed by atoms with E-state index < -0.39 is 29.7 Å². The van der Waals surface area contributed by atoms with E-state index in [4.69, 9.17) is 14.5 Å². The molecule has 0 spiro atoms. The summed E-state index contributed by atoms with van der Waals surface area (Å²) in [5, 5.41) is 11.3. The number of methoxy groups -OCH3 is 1. The summed E-state index contributed by atoms with van der Waals surface area (Å²) in [6.45, 7) is 7.03. The Morgan fingerprint density at radius 3 is 2.37 bits per heavy atom. The van der Waals surface area contributed by atoms with Gasteiger partial charge in [-0.15, -0.1) is 0 Å². The lowest BCUT2D eigenvalue weighted by molar-refractivity contribution is -0.137. The van der Waals surface area contributed by atoms with Gasteiger partial charge in [-0.3, -0.25) is 9.78 Å². The topological polar surface area (TPSA) is 68.7 Å². The van der Waals surface area contributed by atoms with Crippen molar-refractivity contribution in [1.82, 2.24) is 4.98 Å². The predicted octanol–water partition coefficient (Wildman–Crippen LogP) is 5.94. The summed E-state index contributed by atoms with van der Waals surface area (Å²) in [7, 11) is 1.53. The molecule has 1 saturated heterocycles. The standard InChI is InChI=1S/C27H32F3NO4/c1-15(34-4)24-23(25(33)17-5-7-18(8-6-17)27(28,29)30)21(16-9-11-35-12-10-16)22-19(31-24)13-26(2,3)14-20(22)32/h5-8,15-16,20,32H,9-14H2,1-4H3/t15?,20-/m0/s1. The number of carbonyl (C=O) groups excluding carboxylic acids is 1. The van der Waals surface area contributed by atoms with Crippen LogP contribution in [0.15, 0.2) is 24.3 Å². The molecular formula is C27H32F3NO4. The van der Waals surface area contributed by atoms with E-state index in [1.807, 2.05) is 0 Å². The number of aromatic nitrogens is 1. The Morgan fingerprint density at radius 1 is 1.17 bits per heavy atom. The van der Waals surface area contributed by atoms with E-state index in [9.17, 15) is 23.1 Å². The highest BCUT2D eigenvalue weighted by Crippen LogP contribution is 2.47. The lowest BCUT2D eigenvalue weighted by Gasteiger charge is -2.38. The van der Waals surface area contributed by atoms with Crippen LogP contribution in [0.5, 0.6) is 0 Å². The first-order chi connectivity index (χ1) is 16.4. The molecule has 1 fully saturated rings. The van der Waals surface area contributed by atoms with Crippen molar-refractivity contribution in [2.75, 3.05) is 20.3 Å². The molecule has 35 heavy (non-hydrogen) atoms. The van der Waals surface area contributed by atoms with E-state index in [0.717, 1.165) is 23.4 Å². The molecular weight excluding hydrogens is 459 g/mol. The number of fused-ring (bicyclic) bond motifs is 1. The van der Waals surface area contributed by atoms with Gasteiger partial charge in [0.1, 0.15) is 0 Å². The molecule has 4 rings (SSSR count). The fraction of sp³-hybridized carbons (Fsp3) is 0.556. The van der Waals surface area contributed by atoms with E-state index in [1.165, 1.54) is 19.2 Å². The molecule has 1 aliphatic heterocycles. The van der Waals surface area contributed by atoms with Crippen molar-refractivity contribution < 1.29 is 32.5 Å². The van der Waals surface area contributed by atoms with Gasteiger partial charge in [0, 0.05) is 37.1 Å². The second kappa shape index (κ2) is 9.64. The van der Waals surface area contributed by atoms with Crippen molar-refractivity contribution in [3.8, 4) is 0 Å². The molecule has 1 aliphatic carbocycles. The van der Waals surface area contributed by atoms with E-state index in [1.54, 1.807) is 6.92 Å². The third-order valence-corrected chi connectivity index (χ3v) is 7.18. The lowest BCUT2D eigenvalue weighted by Crippen LogP contribution is -2.32. The molecule has 1 N–H and O–H groups in total. The Hall–Kier alpha value is -2.29. The maximum absolute atomic E-state index is 13.9. The monoisotopic (exact) mass is 491 g/mol. The minimum Gasteiger partial charge on any atom is -0.388 e. The number of carbonyl (C=O) groups is 1. The normalized spacial score (nSPS) is 21.4. The molecule has 0 saturated carbocycles. The number of halogens is 3. The number of rotatable bonds is 5. The Labute approximate surface area is 203 Å². The number of ketones is 1. The quantitative estimate of drug-likeness (QED) is 0.525. The third kappa shape index (κ3) is 5.15. The molecule has 0 radical (unpaired) electrons. The zero-order valence-electron chi connectivity index (χ0n) is 20.5. The Bertz CT molecular complexity index is 1090. The molecule has 1 unspecified atom stereocenters. The summed E-state index contributed by atoms with van der Waals surface area (Å²) in [6, 6.07) is 4.26. The van der Waals surface area contributed by atoms with Gasteiger partial charge in [0.25, 0.3) is 0 Å². The highest BCUT2D eigenvalue weighted by Gasteiger charge is 2.40. The first-order valence-electron chi connectivity index (χ1n) is 12.0. The predicted molar refractivity (Wildman–Crippen MR) is 124 cm³/mol. The summed E-state index contributed by atoms with van der Waals surface area (Å²) >= 11 is 0. The highest BCUT2D eigenvalue weighted by atomic mass is 19.4. The van der Waals surface area contributed by atoms with Crippen LogP contribution >= 0.6 is 0 Å². The molecule has 0 bridgehead atoms. The van der Waals surface area contributed by atoms with Crippen molar-refractivity contribution in [3.05, 3.63) is 63.5 Å². The lowest BCUT2D eigenvalue weighted by atomic mass is 9.70. The van der Waals surface area contributed by atoms with Crippen LogP contribution in [0.2, 0.25) is 0 Å². The number of hydrogen-bond acceptors (Lipinski definition) is 5. The molecule has 2 aliphatic rings. The minimum atomic E-state index is -4.49. The molecule has 1 aromatic heterocycles. The van der Waals surface area contributed by atoms with Crippen molar-refractivity contribution in [1.29, 1.82) is 0 Å². The third-order valence-electron chi connectivity index (χ3n) is 7.18. The Kier molecular flexibility index (Phi) is 7.10. The number of pyridine rings is 1. The second-order valence-electron chi connectivity index (χ2n) is 10.4. The fourth-order valence-corrected chi connectivity index (χ4v) is 5.36. The van der Waals surface area contributed by atoms with Crippen LogP contribution in [0, 0.1) is 5.41 Å². The number of ether oxygens (including phenoxy) is 2. The van der Waals surface area contributed by atoms with Crippen molar-refractivity contribution in [3.63, 3.8) is 0 Å².